The van der Waals surface area contributed by atoms with Gasteiger partial charge in [0.05, 0.1) is 12.3 Å². The molecule has 5 nitrogen and oxygen atoms in total. The highest BCUT2D eigenvalue weighted by atomic mass is 32.1. The van der Waals surface area contributed by atoms with Crippen molar-refractivity contribution in [2.75, 3.05) is 31.6 Å². The molecule has 1 atom stereocenters. The molecule has 1 aromatic heterocycles. The third-order valence-corrected chi connectivity index (χ3v) is 4.02. The molecule has 0 aromatic carbocycles. The van der Waals surface area contributed by atoms with E-state index in [0.717, 1.165) is 30.3 Å². The zero-order valence-corrected chi connectivity index (χ0v) is 13.8. The van der Waals surface area contributed by atoms with Crippen molar-refractivity contribution in [3.8, 4) is 0 Å². The quantitative estimate of drug-likeness (QED) is 0.748. The van der Waals surface area contributed by atoms with Crippen molar-refractivity contribution in [3.63, 3.8) is 0 Å². The monoisotopic (exact) mass is 299 g/mol. The minimum Gasteiger partial charge on any atom is -0.462 e. The second kappa shape index (κ2) is 8.21. The lowest BCUT2D eigenvalue weighted by atomic mass is 10.2. The van der Waals surface area contributed by atoms with E-state index < -0.39 is 0 Å². The second-order valence-electron chi connectivity index (χ2n) is 4.72. The Kier molecular flexibility index (Phi) is 6.95. The predicted octanol–water partition coefficient (Wildman–Crippen LogP) is 2.77. The molecule has 1 unspecified atom stereocenters. The number of anilines is 1. The minimum absolute atomic E-state index is 0.253. The molecule has 1 rings (SSSR count). The van der Waals surface area contributed by atoms with Gasteiger partial charge >= 0.3 is 5.97 Å². The molecule has 1 heterocycles. The fourth-order valence-corrected chi connectivity index (χ4v) is 2.95. The maximum Gasteiger partial charge on any atom is 0.343 e. The molecule has 1 aromatic rings. The molecule has 0 saturated heterocycles. The minimum atomic E-state index is -0.295. The lowest BCUT2D eigenvalue weighted by Crippen LogP contribution is -2.34. The van der Waals surface area contributed by atoms with Crippen LogP contribution in [0.25, 0.3) is 0 Å². The lowest BCUT2D eigenvalue weighted by molar-refractivity contribution is 0.0527. The van der Waals surface area contributed by atoms with Gasteiger partial charge in [-0.3, -0.25) is 0 Å². The number of rotatable bonds is 8. The second-order valence-corrected chi connectivity index (χ2v) is 5.50. The Morgan fingerprint density at radius 1 is 1.40 bits per heavy atom. The van der Waals surface area contributed by atoms with Crippen LogP contribution in [-0.4, -0.2) is 47.5 Å². The first-order valence-electron chi connectivity index (χ1n) is 7.15. The summed E-state index contributed by atoms with van der Waals surface area (Å²) in [5.41, 5.74) is 1.30. The summed E-state index contributed by atoms with van der Waals surface area (Å²) in [6.07, 6.45) is 0. The number of esters is 1. The Hall–Kier alpha value is -1.14. The highest BCUT2D eigenvalue weighted by Gasteiger charge is 2.21. The number of hydrogen-bond donors (Lipinski definition) is 1. The molecular weight excluding hydrogens is 274 g/mol. The topological polar surface area (TPSA) is 54.5 Å². The molecule has 0 saturated carbocycles. The first-order valence-corrected chi connectivity index (χ1v) is 7.92. The van der Waals surface area contributed by atoms with E-state index in [4.69, 9.17) is 4.74 Å². The van der Waals surface area contributed by atoms with E-state index in [1.54, 1.807) is 0 Å². The molecule has 0 radical (unpaired) electrons. The Morgan fingerprint density at radius 3 is 2.60 bits per heavy atom. The summed E-state index contributed by atoms with van der Waals surface area (Å²) in [6, 6.07) is 0.253. The molecule has 0 aliphatic carbocycles. The van der Waals surface area contributed by atoms with Gasteiger partial charge in [-0.05, 0) is 45.4 Å². The van der Waals surface area contributed by atoms with Gasteiger partial charge in [0, 0.05) is 12.6 Å². The van der Waals surface area contributed by atoms with E-state index >= 15 is 0 Å². The third-order valence-electron chi connectivity index (χ3n) is 3.15. The number of carbonyl (C=O) groups excluding carboxylic acids is 1. The lowest BCUT2D eigenvalue weighted by Gasteiger charge is -2.23. The van der Waals surface area contributed by atoms with Crippen molar-refractivity contribution in [1.29, 1.82) is 0 Å². The summed E-state index contributed by atoms with van der Waals surface area (Å²) in [5, 5.41) is 4.19. The molecular formula is C14H25N3O2S. The number of likely N-dealkylation sites (N-methyl/N-ethyl adjacent to an activating group) is 1. The molecule has 20 heavy (non-hydrogen) atoms. The highest BCUT2D eigenvalue weighted by molar-refractivity contribution is 7.10. The number of aromatic nitrogens is 1. The Labute approximate surface area is 125 Å². The molecule has 0 spiro atoms. The molecule has 0 amide bonds. The van der Waals surface area contributed by atoms with Crippen LogP contribution in [0.3, 0.4) is 0 Å². The van der Waals surface area contributed by atoms with E-state index in [0.29, 0.717) is 12.2 Å². The van der Waals surface area contributed by atoms with Gasteiger partial charge in [-0.2, -0.15) is 4.37 Å². The van der Waals surface area contributed by atoms with Crippen molar-refractivity contribution >= 4 is 22.5 Å². The molecule has 114 valence electrons. The zero-order valence-electron chi connectivity index (χ0n) is 13.0. The van der Waals surface area contributed by atoms with Gasteiger partial charge in [-0.1, -0.05) is 13.8 Å². The van der Waals surface area contributed by atoms with Gasteiger partial charge < -0.3 is 15.0 Å². The van der Waals surface area contributed by atoms with Gasteiger partial charge in [0.15, 0.2) is 0 Å². The number of ether oxygens (including phenoxy) is 1. The Bertz CT molecular complexity index is 430. The fourth-order valence-electron chi connectivity index (χ4n) is 2.05. The van der Waals surface area contributed by atoms with E-state index in [-0.39, 0.29) is 12.0 Å². The van der Waals surface area contributed by atoms with Crippen LogP contribution in [-0.2, 0) is 4.74 Å². The van der Waals surface area contributed by atoms with Crippen LogP contribution in [0.2, 0.25) is 0 Å². The van der Waals surface area contributed by atoms with Crippen molar-refractivity contribution in [2.45, 2.75) is 40.7 Å². The molecule has 0 bridgehead atoms. The van der Waals surface area contributed by atoms with E-state index in [1.807, 2.05) is 13.8 Å². The highest BCUT2D eigenvalue weighted by Crippen LogP contribution is 2.26. The van der Waals surface area contributed by atoms with Gasteiger partial charge in [-0.25, -0.2) is 4.79 Å². The maximum atomic E-state index is 12.0. The summed E-state index contributed by atoms with van der Waals surface area (Å²) in [5.74, 6) is -0.295. The van der Waals surface area contributed by atoms with Crippen molar-refractivity contribution in [1.82, 2.24) is 9.27 Å². The zero-order chi connectivity index (χ0) is 15.1. The number of nitrogens with one attached hydrogen (secondary N) is 1. The molecule has 0 aliphatic heterocycles. The molecule has 1 N–H and O–H groups in total. The first kappa shape index (κ1) is 16.9. The maximum absolute atomic E-state index is 12.0. The molecule has 0 aliphatic rings. The van der Waals surface area contributed by atoms with E-state index in [2.05, 4.69) is 35.4 Å². The summed E-state index contributed by atoms with van der Waals surface area (Å²) in [6.45, 7) is 13.4. The smallest absolute Gasteiger partial charge is 0.343 e. The molecule has 6 heteroatoms. The van der Waals surface area contributed by atoms with Crippen LogP contribution < -0.4 is 5.32 Å². The molecule has 0 fully saturated rings. The normalized spacial score (nSPS) is 12.5. The van der Waals surface area contributed by atoms with Crippen LogP contribution in [0.1, 0.15) is 43.7 Å². The van der Waals surface area contributed by atoms with Crippen LogP contribution in [0.15, 0.2) is 0 Å². The first-order chi connectivity index (χ1) is 9.53. The van der Waals surface area contributed by atoms with Crippen LogP contribution in [0.5, 0.6) is 0 Å². The largest absolute Gasteiger partial charge is 0.462 e. The van der Waals surface area contributed by atoms with Gasteiger partial charge in [0.2, 0.25) is 0 Å². The van der Waals surface area contributed by atoms with Crippen molar-refractivity contribution in [3.05, 3.63) is 11.3 Å². The van der Waals surface area contributed by atoms with E-state index in [1.165, 1.54) is 11.5 Å². The summed E-state index contributed by atoms with van der Waals surface area (Å²) >= 11 is 1.32. The summed E-state index contributed by atoms with van der Waals surface area (Å²) in [4.78, 5) is 14.3. The van der Waals surface area contributed by atoms with Gasteiger partial charge in [0.25, 0.3) is 0 Å². The summed E-state index contributed by atoms with van der Waals surface area (Å²) < 4.78 is 9.35. The van der Waals surface area contributed by atoms with Gasteiger partial charge in [0.1, 0.15) is 10.6 Å². The van der Waals surface area contributed by atoms with Crippen LogP contribution in [0, 0.1) is 6.92 Å². The van der Waals surface area contributed by atoms with E-state index in [9.17, 15) is 4.79 Å². The predicted molar refractivity (Wildman–Crippen MR) is 83.7 cm³/mol. The van der Waals surface area contributed by atoms with Gasteiger partial charge in [-0.15, -0.1) is 0 Å². The number of carbonyl (C=O) groups is 1. The summed E-state index contributed by atoms with van der Waals surface area (Å²) in [7, 11) is 0. The van der Waals surface area contributed by atoms with Crippen LogP contribution in [0.4, 0.5) is 5.00 Å². The fraction of sp³-hybridized carbons (Fsp3) is 0.714. The van der Waals surface area contributed by atoms with Crippen LogP contribution >= 0.6 is 11.5 Å². The van der Waals surface area contributed by atoms with Crippen molar-refractivity contribution in [2.24, 2.45) is 0 Å². The number of nitrogens with zero attached hydrogens (tertiary/aromatic N) is 2. The number of hydrogen-bond acceptors (Lipinski definition) is 6. The van der Waals surface area contributed by atoms with Crippen molar-refractivity contribution < 1.29 is 9.53 Å². The Balaban J connectivity index is 2.75. The standard InChI is InChI=1S/C14H25N3O2S/c1-6-17(7-2)9-10(4)15-13-12(11(5)16-20-13)14(18)19-8-3/h10,15H,6-9H2,1-5H3. The number of aryl methyl sites for hydroxylation is 1. The average molecular weight is 299 g/mol. The SMILES string of the molecule is CCOC(=O)c1c(C)nsc1NC(C)CN(CC)CC. The third kappa shape index (κ3) is 4.45. The average Bonchev–Trinajstić information content (AvgIpc) is 2.77. The Morgan fingerprint density at radius 2 is 2.05 bits per heavy atom.